The highest BCUT2D eigenvalue weighted by Gasteiger charge is 2.14. The number of para-hydroxylation sites is 1. The number of carbonyl (C=O) groups is 1. The van der Waals surface area contributed by atoms with E-state index in [4.69, 9.17) is 9.52 Å². The van der Waals surface area contributed by atoms with Crippen molar-refractivity contribution in [2.75, 3.05) is 0 Å². The van der Waals surface area contributed by atoms with Crippen LogP contribution in [0.3, 0.4) is 0 Å². The first-order valence-corrected chi connectivity index (χ1v) is 6.47. The maximum atomic E-state index is 11.8. The van der Waals surface area contributed by atoms with Crippen LogP contribution >= 0.6 is 0 Å². The van der Waals surface area contributed by atoms with Gasteiger partial charge in [0.1, 0.15) is 5.76 Å². The number of aryl methyl sites for hydroxylation is 1. The van der Waals surface area contributed by atoms with Gasteiger partial charge in [0, 0.05) is 23.2 Å². The lowest BCUT2D eigenvalue weighted by atomic mass is 10.2. The third kappa shape index (κ3) is 2.33. The van der Waals surface area contributed by atoms with Gasteiger partial charge >= 0.3 is 5.97 Å². The maximum Gasteiger partial charge on any atom is 0.372 e. The van der Waals surface area contributed by atoms with Crippen molar-refractivity contribution in [1.82, 2.24) is 4.57 Å². The first-order chi connectivity index (χ1) is 10.1. The van der Waals surface area contributed by atoms with E-state index in [1.165, 1.54) is 6.07 Å². The Hall–Kier alpha value is -2.82. The summed E-state index contributed by atoms with van der Waals surface area (Å²) in [6.07, 6.45) is 1.68. The zero-order valence-electron chi connectivity index (χ0n) is 11.4. The molecule has 3 rings (SSSR count). The minimum absolute atomic E-state index is 0.0382. The van der Waals surface area contributed by atoms with Crippen LogP contribution in [0.4, 0.5) is 0 Å². The van der Waals surface area contributed by atoms with Crippen LogP contribution in [0.25, 0.3) is 10.9 Å². The lowest BCUT2D eigenvalue weighted by molar-refractivity contribution is 0.0659. The Balaban J connectivity index is 2.07. The van der Waals surface area contributed by atoms with Crippen molar-refractivity contribution in [2.45, 2.75) is 13.5 Å². The topological polar surface area (TPSA) is 72.4 Å². The molecule has 0 fully saturated rings. The van der Waals surface area contributed by atoms with Crippen LogP contribution < -0.4 is 5.43 Å². The van der Waals surface area contributed by atoms with Crippen molar-refractivity contribution in [3.8, 4) is 0 Å². The number of aromatic carboxylic acids is 1. The summed E-state index contributed by atoms with van der Waals surface area (Å²) in [5.41, 5.74) is 1.34. The molecule has 0 bridgehead atoms. The van der Waals surface area contributed by atoms with E-state index in [1.54, 1.807) is 25.3 Å². The molecule has 21 heavy (non-hydrogen) atoms. The van der Waals surface area contributed by atoms with Crippen LogP contribution in [0.5, 0.6) is 0 Å². The molecule has 1 N–H and O–H groups in total. The Labute approximate surface area is 120 Å². The molecule has 5 nitrogen and oxygen atoms in total. The Bertz CT molecular complexity index is 889. The summed E-state index contributed by atoms with van der Waals surface area (Å²) in [4.78, 5) is 22.8. The zero-order valence-corrected chi connectivity index (χ0v) is 11.4. The molecule has 0 unspecified atom stereocenters. The van der Waals surface area contributed by atoms with Gasteiger partial charge in [0.2, 0.25) is 5.76 Å². The van der Waals surface area contributed by atoms with Crippen molar-refractivity contribution >= 4 is 16.9 Å². The van der Waals surface area contributed by atoms with E-state index >= 15 is 0 Å². The molecular weight excluding hydrogens is 270 g/mol. The molecule has 2 heterocycles. The van der Waals surface area contributed by atoms with Gasteiger partial charge in [0.05, 0.1) is 12.1 Å². The summed E-state index contributed by atoms with van der Waals surface area (Å²) < 4.78 is 7.22. The number of pyridine rings is 1. The molecule has 0 aliphatic heterocycles. The molecule has 0 saturated heterocycles. The smallest absolute Gasteiger partial charge is 0.372 e. The third-order valence-corrected chi connectivity index (χ3v) is 3.37. The minimum Gasteiger partial charge on any atom is -0.475 e. The van der Waals surface area contributed by atoms with Crippen LogP contribution in [0, 0.1) is 6.92 Å². The molecule has 106 valence electrons. The predicted molar refractivity (Wildman–Crippen MR) is 77.7 cm³/mol. The van der Waals surface area contributed by atoms with Gasteiger partial charge < -0.3 is 14.1 Å². The summed E-state index contributed by atoms with van der Waals surface area (Å²) in [7, 11) is 0. The summed E-state index contributed by atoms with van der Waals surface area (Å²) in [5, 5.41) is 9.64. The van der Waals surface area contributed by atoms with Gasteiger partial charge in [-0.1, -0.05) is 12.1 Å². The molecule has 0 aliphatic rings. The van der Waals surface area contributed by atoms with Crippen molar-refractivity contribution < 1.29 is 14.3 Å². The Kier molecular flexibility index (Phi) is 3.10. The lowest BCUT2D eigenvalue weighted by Crippen LogP contribution is -2.08. The molecule has 0 aliphatic carbocycles. The maximum absolute atomic E-state index is 11.8. The van der Waals surface area contributed by atoms with Gasteiger partial charge in [-0.3, -0.25) is 4.79 Å². The van der Waals surface area contributed by atoms with E-state index in [0.717, 1.165) is 5.52 Å². The number of aromatic nitrogens is 1. The summed E-state index contributed by atoms with van der Waals surface area (Å²) in [6.45, 7) is 2.06. The Morgan fingerprint density at radius 2 is 2.05 bits per heavy atom. The van der Waals surface area contributed by atoms with E-state index in [2.05, 4.69) is 0 Å². The van der Waals surface area contributed by atoms with Crippen molar-refractivity contribution in [1.29, 1.82) is 0 Å². The van der Waals surface area contributed by atoms with Gasteiger partial charge in [-0.2, -0.15) is 0 Å². The number of rotatable bonds is 3. The highest BCUT2D eigenvalue weighted by molar-refractivity contribution is 5.86. The molecule has 0 radical (unpaired) electrons. The van der Waals surface area contributed by atoms with Gasteiger partial charge in [-0.15, -0.1) is 0 Å². The van der Waals surface area contributed by atoms with Crippen LogP contribution in [-0.2, 0) is 6.54 Å². The fourth-order valence-corrected chi connectivity index (χ4v) is 2.40. The van der Waals surface area contributed by atoms with Crippen LogP contribution in [-0.4, -0.2) is 15.6 Å². The average molecular weight is 283 g/mol. The highest BCUT2D eigenvalue weighted by atomic mass is 16.4. The van der Waals surface area contributed by atoms with Crippen LogP contribution in [0.1, 0.15) is 21.9 Å². The minimum atomic E-state index is -1.08. The largest absolute Gasteiger partial charge is 0.475 e. The molecule has 0 saturated carbocycles. The van der Waals surface area contributed by atoms with Gasteiger partial charge in [-0.25, -0.2) is 4.79 Å². The van der Waals surface area contributed by atoms with Gasteiger partial charge in [-0.05, 0) is 25.1 Å². The van der Waals surface area contributed by atoms with Crippen LogP contribution in [0.2, 0.25) is 0 Å². The van der Waals surface area contributed by atoms with E-state index in [-0.39, 0.29) is 11.2 Å². The number of nitrogens with zero attached hydrogens (tertiary/aromatic N) is 1. The number of fused-ring (bicyclic) bond motifs is 1. The standard InChI is InChI=1S/C16H13NO4/c1-10-8-11(21-15(10)16(19)20)9-17-7-6-14(18)12-4-2-3-5-13(12)17/h2-8H,9H2,1H3,(H,19,20). The second-order valence-electron chi connectivity index (χ2n) is 4.86. The van der Waals surface area contributed by atoms with E-state index in [9.17, 15) is 9.59 Å². The number of furan rings is 1. The second kappa shape index (κ2) is 4.94. The SMILES string of the molecule is Cc1cc(Cn2ccc(=O)c3ccccc32)oc1C(=O)O. The molecule has 3 aromatic rings. The Morgan fingerprint density at radius 3 is 2.76 bits per heavy atom. The molecular formula is C16H13NO4. The van der Waals surface area contributed by atoms with Crippen molar-refractivity contribution in [3.63, 3.8) is 0 Å². The normalized spacial score (nSPS) is 10.9. The molecule has 1 aromatic carbocycles. The summed E-state index contributed by atoms with van der Waals surface area (Å²) in [5.74, 6) is -0.586. The molecule has 5 heteroatoms. The average Bonchev–Trinajstić information content (AvgIpc) is 2.83. The van der Waals surface area contributed by atoms with Crippen molar-refractivity contribution in [3.05, 3.63) is 69.9 Å². The number of hydrogen-bond acceptors (Lipinski definition) is 3. The zero-order chi connectivity index (χ0) is 15.0. The summed E-state index contributed by atoms with van der Waals surface area (Å²) in [6, 6.07) is 10.5. The van der Waals surface area contributed by atoms with E-state index < -0.39 is 5.97 Å². The second-order valence-corrected chi connectivity index (χ2v) is 4.86. The van der Waals surface area contributed by atoms with E-state index in [0.29, 0.717) is 23.3 Å². The quantitative estimate of drug-likeness (QED) is 0.802. The van der Waals surface area contributed by atoms with Crippen LogP contribution in [0.15, 0.2) is 51.8 Å². The fraction of sp³-hybridized carbons (Fsp3) is 0.125. The van der Waals surface area contributed by atoms with E-state index in [1.807, 2.05) is 22.8 Å². The number of carboxylic acid groups (broad SMARTS) is 1. The highest BCUT2D eigenvalue weighted by Crippen LogP contribution is 2.17. The van der Waals surface area contributed by atoms with Gasteiger partial charge in [0.15, 0.2) is 5.43 Å². The number of carboxylic acids is 1. The number of hydrogen-bond donors (Lipinski definition) is 1. The number of benzene rings is 1. The first kappa shape index (κ1) is 13.2. The first-order valence-electron chi connectivity index (χ1n) is 6.47. The predicted octanol–water partition coefficient (Wildman–Crippen LogP) is 2.65. The summed E-state index contributed by atoms with van der Waals surface area (Å²) >= 11 is 0. The van der Waals surface area contributed by atoms with Gasteiger partial charge in [0.25, 0.3) is 0 Å². The molecule has 2 aromatic heterocycles. The third-order valence-electron chi connectivity index (χ3n) is 3.37. The lowest BCUT2D eigenvalue weighted by Gasteiger charge is -2.08. The Morgan fingerprint density at radius 1 is 1.29 bits per heavy atom. The monoisotopic (exact) mass is 283 g/mol. The fourth-order valence-electron chi connectivity index (χ4n) is 2.40. The van der Waals surface area contributed by atoms with Crippen molar-refractivity contribution in [2.24, 2.45) is 0 Å². The molecule has 0 amide bonds. The molecule has 0 spiro atoms. The molecule has 0 atom stereocenters.